The fourth-order valence-corrected chi connectivity index (χ4v) is 7.36. The molecule has 6 rings (SSSR count). The van der Waals surface area contributed by atoms with Crippen LogP contribution in [0.15, 0.2) is 71.8 Å². The van der Waals surface area contributed by atoms with Gasteiger partial charge >= 0.3 is 30.9 Å². The van der Waals surface area contributed by atoms with Gasteiger partial charge in [-0.05, 0) is 81.3 Å². The van der Waals surface area contributed by atoms with Gasteiger partial charge in [0.05, 0.1) is 27.8 Å². The molecule has 0 spiro atoms. The van der Waals surface area contributed by atoms with Crippen molar-refractivity contribution in [3.63, 3.8) is 0 Å². The van der Waals surface area contributed by atoms with E-state index in [4.69, 9.17) is 0 Å². The van der Waals surface area contributed by atoms with Crippen LogP contribution >= 0.6 is 0 Å². The number of halogens is 15. The average molecular weight is 835 g/mol. The van der Waals surface area contributed by atoms with E-state index in [1.54, 1.807) is 0 Å². The standard InChI is InChI=1S/C40H13F15N4/c1-16-25(36(41,42)43)8-17(9-26(16)37(44,45)46)21-4-2-6-23-29(19(12-56)13-57)34-32-22(5-3-7-24(32)30(20(14-58)15-59)33(34)31(21)23)18-10-27(38(47,48)49)35(40(53,54)55)28(11-18)39(50,51)52/h2-11H,1H3. The summed E-state index contributed by atoms with van der Waals surface area (Å²) >= 11 is 0. The van der Waals surface area contributed by atoms with Crippen LogP contribution in [-0.2, 0) is 30.9 Å². The van der Waals surface area contributed by atoms with E-state index in [0.717, 1.165) is 36.4 Å². The maximum Gasteiger partial charge on any atom is 0.417 e. The highest BCUT2D eigenvalue weighted by molar-refractivity contribution is 6.39. The Morgan fingerprint density at radius 1 is 0.424 bits per heavy atom. The number of alkyl halides is 15. The lowest BCUT2D eigenvalue weighted by Crippen LogP contribution is -2.23. The number of rotatable bonds is 2. The molecule has 0 saturated carbocycles. The Morgan fingerprint density at radius 2 is 0.712 bits per heavy atom. The monoisotopic (exact) mass is 834 g/mol. The Labute approximate surface area is 320 Å². The lowest BCUT2D eigenvalue weighted by atomic mass is 9.83. The zero-order chi connectivity index (χ0) is 43.9. The minimum absolute atomic E-state index is 0.235. The van der Waals surface area contributed by atoms with Crippen LogP contribution in [0.3, 0.4) is 0 Å². The zero-order valence-electron chi connectivity index (χ0n) is 28.7. The van der Waals surface area contributed by atoms with Gasteiger partial charge < -0.3 is 0 Å². The number of nitrogens with zero attached hydrogens (tertiary/aromatic N) is 4. The molecule has 0 aromatic heterocycles. The first kappa shape index (κ1) is 41.6. The van der Waals surface area contributed by atoms with Crippen molar-refractivity contribution < 1.29 is 65.9 Å². The summed E-state index contributed by atoms with van der Waals surface area (Å²) < 4.78 is 213. The molecule has 0 bridgehead atoms. The van der Waals surface area contributed by atoms with Crippen molar-refractivity contribution in [3.8, 4) is 46.5 Å². The summed E-state index contributed by atoms with van der Waals surface area (Å²) in [7, 11) is 0. The summed E-state index contributed by atoms with van der Waals surface area (Å²) in [5.41, 5.74) is -22.0. The molecule has 0 heterocycles. The van der Waals surface area contributed by atoms with E-state index in [2.05, 4.69) is 0 Å². The molecule has 2 aliphatic carbocycles. The van der Waals surface area contributed by atoms with E-state index in [-0.39, 0.29) is 17.7 Å². The molecular weight excluding hydrogens is 821 g/mol. The summed E-state index contributed by atoms with van der Waals surface area (Å²) in [6, 6.07) is 12.5. The van der Waals surface area contributed by atoms with Crippen LogP contribution < -0.4 is 0 Å². The molecule has 2 aliphatic rings. The largest absolute Gasteiger partial charge is 0.417 e. The first-order valence-electron chi connectivity index (χ1n) is 16.0. The number of hydrogen-bond donors (Lipinski definition) is 0. The third-order valence-corrected chi connectivity index (χ3v) is 9.54. The molecule has 4 nitrogen and oxygen atoms in total. The minimum atomic E-state index is -6.21. The Hall–Kier alpha value is -6.99. The molecule has 0 N–H and O–H groups in total. The Balaban J connectivity index is 1.86. The van der Waals surface area contributed by atoms with Gasteiger partial charge in [0, 0.05) is 22.3 Å². The van der Waals surface area contributed by atoms with Crippen molar-refractivity contribution in [2.75, 3.05) is 0 Å². The summed E-state index contributed by atoms with van der Waals surface area (Å²) in [6.07, 6.45) is -29.1. The van der Waals surface area contributed by atoms with Gasteiger partial charge in [-0.1, -0.05) is 36.4 Å². The van der Waals surface area contributed by atoms with Crippen LogP contribution in [0.4, 0.5) is 65.9 Å². The highest BCUT2D eigenvalue weighted by Crippen LogP contribution is 2.63. The van der Waals surface area contributed by atoms with Crippen LogP contribution in [0.2, 0.25) is 0 Å². The van der Waals surface area contributed by atoms with Gasteiger partial charge in [-0.15, -0.1) is 0 Å². The number of allylic oxidation sites excluding steroid dienone is 6. The summed E-state index contributed by atoms with van der Waals surface area (Å²) in [5.74, 6) is 0. The molecule has 0 radical (unpaired) electrons. The number of benzene rings is 4. The van der Waals surface area contributed by atoms with Gasteiger partial charge in [0.15, 0.2) is 0 Å². The molecule has 59 heavy (non-hydrogen) atoms. The molecule has 298 valence electrons. The van der Waals surface area contributed by atoms with Crippen LogP contribution in [0.1, 0.15) is 55.6 Å². The van der Waals surface area contributed by atoms with Gasteiger partial charge in [0.1, 0.15) is 35.4 Å². The minimum Gasteiger partial charge on any atom is -0.192 e. The van der Waals surface area contributed by atoms with Gasteiger partial charge in [0.25, 0.3) is 0 Å². The molecule has 19 heteroatoms. The molecule has 0 aliphatic heterocycles. The van der Waals surface area contributed by atoms with Crippen molar-refractivity contribution in [1.29, 1.82) is 21.0 Å². The maximum absolute atomic E-state index is 14.3. The third kappa shape index (κ3) is 6.72. The molecule has 0 unspecified atom stereocenters. The average Bonchev–Trinajstić information content (AvgIpc) is 3.63. The van der Waals surface area contributed by atoms with E-state index >= 15 is 0 Å². The van der Waals surface area contributed by atoms with Crippen molar-refractivity contribution >= 4 is 22.3 Å². The van der Waals surface area contributed by atoms with Crippen molar-refractivity contribution in [3.05, 3.63) is 127 Å². The van der Waals surface area contributed by atoms with E-state index in [0.29, 0.717) is 19.1 Å². The Bertz CT molecular complexity index is 2690. The highest BCUT2D eigenvalue weighted by atomic mass is 19.4. The Morgan fingerprint density at radius 3 is 0.983 bits per heavy atom. The van der Waals surface area contributed by atoms with Crippen molar-refractivity contribution in [2.24, 2.45) is 0 Å². The smallest absolute Gasteiger partial charge is 0.192 e. The SMILES string of the molecule is Cc1c(C(F)(F)F)cc(-c2cccc3c2C2=C(C3=C(C#N)C#N)c3c(cccc3-c3cc(C(F)(F)F)c(C(F)(F)F)c(C(F)(F)F)c3)C2=C(C#N)C#N)cc1C(F)(F)F. The quantitative estimate of drug-likeness (QED) is 0.148. The fourth-order valence-electron chi connectivity index (χ4n) is 7.36. The normalized spacial score (nSPS) is 13.9. The van der Waals surface area contributed by atoms with Crippen LogP contribution in [0.25, 0.3) is 44.5 Å². The van der Waals surface area contributed by atoms with Crippen LogP contribution in [0.5, 0.6) is 0 Å². The van der Waals surface area contributed by atoms with Gasteiger partial charge in [-0.2, -0.15) is 86.9 Å². The number of nitriles is 4. The lowest BCUT2D eigenvalue weighted by Gasteiger charge is -2.23. The topological polar surface area (TPSA) is 95.2 Å². The molecule has 0 fully saturated rings. The number of fused-ring (bicyclic) bond motifs is 4. The predicted molar refractivity (Wildman–Crippen MR) is 177 cm³/mol. The van der Waals surface area contributed by atoms with E-state index in [9.17, 15) is 86.9 Å². The van der Waals surface area contributed by atoms with Gasteiger partial charge in [-0.25, -0.2) is 0 Å². The van der Waals surface area contributed by atoms with Gasteiger partial charge in [-0.3, -0.25) is 0 Å². The molecule has 0 amide bonds. The van der Waals surface area contributed by atoms with Crippen molar-refractivity contribution in [2.45, 2.75) is 37.8 Å². The third-order valence-electron chi connectivity index (χ3n) is 9.54. The highest BCUT2D eigenvalue weighted by Gasteiger charge is 2.51. The summed E-state index contributed by atoms with van der Waals surface area (Å²) in [4.78, 5) is 0. The van der Waals surface area contributed by atoms with Crippen LogP contribution in [-0.4, -0.2) is 0 Å². The van der Waals surface area contributed by atoms with Crippen LogP contribution in [0, 0.1) is 52.2 Å². The molecular formula is C40H13F15N4. The summed E-state index contributed by atoms with van der Waals surface area (Å²) in [5, 5.41) is 40.3. The predicted octanol–water partition coefficient (Wildman–Crippen LogP) is 13.0. The second-order valence-corrected chi connectivity index (χ2v) is 12.8. The fraction of sp³-hybridized carbons (Fsp3) is 0.150. The number of hydrogen-bond acceptors (Lipinski definition) is 4. The first-order valence-corrected chi connectivity index (χ1v) is 16.0. The molecule has 0 saturated heterocycles. The van der Waals surface area contributed by atoms with E-state index < -0.39 is 137 Å². The summed E-state index contributed by atoms with van der Waals surface area (Å²) in [6.45, 7) is 0.566. The maximum atomic E-state index is 14.3. The van der Waals surface area contributed by atoms with Crippen molar-refractivity contribution in [1.82, 2.24) is 0 Å². The molecule has 4 aromatic rings. The van der Waals surface area contributed by atoms with E-state index in [1.807, 2.05) is 0 Å². The van der Waals surface area contributed by atoms with Gasteiger partial charge in [0.2, 0.25) is 0 Å². The first-order chi connectivity index (χ1) is 27.2. The second kappa shape index (κ2) is 13.6. The second-order valence-electron chi connectivity index (χ2n) is 12.8. The molecule has 0 atom stereocenters. The Kier molecular flexibility index (Phi) is 9.57. The van der Waals surface area contributed by atoms with E-state index in [1.165, 1.54) is 24.3 Å². The zero-order valence-corrected chi connectivity index (χ0v) is 28.7. The lowest BCUT2D eigenvalue weighted by molar-refractivity contribution is -0.174. The molecule has 4 aromatic carbocycles.